The van der Waals surface area contributed by atoms with Crippen LogP contribution in [-0.4, -0.2) is 0 Å². The topological polar surface area (TPSA) is 3.24 Å². The predicted molar refractivity (Wildman–Crippen MR) is 224 cm³/mol. The van der Waals surface area contributed by atoms with Gasteiger partial charge in [-0.05, 0) is 133 Å². The van der Waals surface area contributed by atoms with E-state index in [2.05, 4.69) is 228 Å². The number of rotatable bonds is 3. The molecular weight excluding hydrogens is 651 g/mol. The van der Waals surface area contributed by atoms with Crippen molar-refractivity contribution in [3.63, 3.8) is 0 Å². The van der Waals surface area contributed by atoms with Gasteiger partial charge in [0.25, 0.3) is 0 Å². The first-order valence-electron chi connectivity index (χ1n) is 17.6. The van der Waals surface area contributed by atoms with Gasteiger partial charge in [0.05, 0.1) is 16.8 Å². The van der Waals surface area contributed by atoms with Crippen molar-refractivity contribution in [3.8, 4) is 93.6 Å². The zero-order chi connectivity index (χ0) is 36.7. The van der Waals surface area contributed by atoms with Gasteiger partial charge in [-0.1, -0.05) is 146 Å². The number of benzene rings is 7. The van der Waals surface area contributed by atoms with Gasteiger partial charge in [0.1, 0.15) is 0 Å². The van der Waals surface area contributed by atoms with E-state index in [0.29, 0.717) is 0 Å². The number of terminal acetylenes is 2. The lowest BCUT2D eigenvalue weighted by atomic mass is 9.63. The molecule has 1 aliphatic heterocycles. The van der Waals surface area contributed by atoms with E-state index in [4.69, 9.17) is 12.8 Å². The van der Waals surface area contributed by atoms with Crippen LogP contribution in [0.5, 0.6) is 0 Å². The number of anilines is 3. The Balaban J connectivity index is 0.000000366. The first-order valence-corrected chi connectivity index (χ1v) is 17.6. The summed E-state index contributed by atoms with van der Waals surface area (Å²) in [4.78, 5) is 2.44. The van der Waals surface area contributed by atoms with Crippen LogP contribution in [0.2, 0.25) is 0 Å². The summed E-state index contributed by atoms with van der Waals surface area (Å²) in [6.45, 7) is 0. The van der Waals surface area contributed by atoms with Gasteiger partial charge in [-0.25, -0.2) is 0 Å². The zero-order valence-electron chi connectivity index (χ0n) is 29.3. The molecule has 0 aromatic heterocycles. The Labute approximate surface area is 318 Å². The largest absolute Gasteiger partial charge is 0.310 e. The Morgan fingerprint density at radius 1 is 0.370 bits per heavy atom. The molecule has 7 aromatic rings. The molecule has 9 rings (SSSR count). The summed E-state index contributed by atoms with van der Waals surface area (Å²) < 4.78 is 0. The van der Waals surface area contributed by atoms with Gasteiger partial charge in [0, 0.05) is 5.69 Å². The maximum Gasteiger partial charge on any atom is 0.0760 e. The standard InChI is InChI=1S/C43H29N.C10H2/c1-3-15-30(16-4-1)31-17-13-18-32(29-31)34-22-14-23-36-35-21-7-8-24-37(35)43(42(34)36)38-25-9-11-27-40(38)44(33-19-5-2-6-20-33)41-28-12-10-26-39(41)43;1-3-5-7-9-10-8-6-4-2/h1-29H;1-2H. The summed E-state index contributed by atoms with van der Waals surface area (Å²) in [5, 5.41) is 0. The van der Waals surface area contributed by atoms with Crippen molar-refractivity contribution in [2.45, 2.75) is 5.41 Å². The van der Waals surface area contributed by atoms with Gasteiger partial charge in [0.15, 0.2) is 0 Å². The minimum Gasteiger partial charge on any atom is -0.310 e. The molecule has 0 radical (unpaired) electrons. The molecule has 0 atom stereocenters. The average Bonchev–Trinajstić information content (AvgIpc) is 3.54. The van der Waals surface area contributed by atoms with E-state index in [1.165, 1.54) is 67.0 Å². The first kappa shape index (κ1) is 33.3. The Morgan fingerprint density at radius 2 is 0.833 bits per heavy atom. The molecule has 1 nitrogen and oxygen atoms in total. The van der Waals surface area contributed by atoms with Crippen molar-refractivity contribution >= 4 is 17.1 Å². The highest BCUT2D eigenvalue weighted by atomic mass is 15.2. The van der Waals surface area contributed by atoms with E-state index in [9.17, 15) is 0 Å². The molecular formula is C53H31N. The monoisotopic (exact) mass is 681 g/mol. The zero-order valence-corrected chi connectivity index (χ0v) is 29.3. The molecule has 0 N–H and O–H groups in total. The third kappa shape index (κ3) is 5.69. The van der Waals surface area contributed by atoms with E-state index in [-0.39, 0.29) is 0 Å². The van der Waals surface area contributed by atoms with Gasteiger partial charge in [-0.3, -0.25) is 0 Å². The molecule has 0 amide bonds. The van der Waals surface area contributed by atoms with Crippen LogP contribution in [0, 0.1) is 60.2 Å². The van der Waals surface area contributed by atoms with Crippen molar-refractivity contribution in [1.29, 1.82) is 0 Å². The van der Waals surface area contributed by atoms with Crippen molar-refractivity contribution in [2.75, 3.05) is 4.90 Å². The van der Waals surface area contributed by atoms with Crippen LogP contribution >= 0.6 is 0 Å². The third-order valence-electron chi connectivity index (χ3n) is 9.91. The van der Waals surface area contributed by atoms with Crippen molar-refractivity contribution < 1.29 is 0 Å². The molecule has 0 bridgehead atoms. The Hall–Kier alpha value is -7.86. The van der Waals surface area contributed by atoms with E-state index in [1.54, 1.807) is 0 Å². The van der Waals surface area contributed by atoms with Crippen LogP contribution < -0.4 is 4.90 Å². The molecule has 0 saturated carbocycles. The van der Waals surface area contributed by atoms with Gasteiger partial charge < -0.3 is 4.90 Å². The number of hydrogen-bond acceptors (Lipinski definition) is 1. The summed E-state index contributed by atoms with van der Waals surface area (Å²) >= 11 is 0. The lowest BCUT2D eigenvalue weighted by Gasteiger charge is -2.45. The van der Waals surface area contributed by atoms with Crippen LogP contribution in [0.1, 0.15) is 22.3 Å². The van der Waals surface area contributed by atoms with Crippen LogP contribution in [0.25, 0.3) is 33.4 Å². The highest BCUT2D eigenvalue weighted by Gasteiger charge is 2.52. The maximum absolute atomic E-state index is 4.81. The third-order valence-corrected chi connectivity index (χ3v) is 9.91. The minimum absolute atomic E-state index is 0.482. The Morgan fingerprint density at radius 3 is 1.48 bits per heavy atom. The quantitative estimate of drug-likeness (QED) is 0.168. The molecule has 0 fully saturated rings. The number of para-hydroxylation sites is 3. The fourth-order valence-corrected chi connectivity index (χ4v) is 7.96. The number of fused-ring (bicyclic) bond motifs is 9. The fourth-order valence-electron chi connectivity index (χ4n) is 7.96. The maximum atomic E-state index is 4.81. The van der Waals surface area contributed by atoms with E-state index >= 15 is 0 Å². The summed E-state index contributed by atoms with van der Waals surface area (Å²) in [5.74, 6) is 18.4. The van der Waals surface area contributed by atoms with Gasteiger partial charge in [0.2, 0.25) is 0 Å². The second-order valence-electron chi connectivity index (χ2n) is 12.7. The Kier molecular flexibility index (Phi) is 9.11. The fraction of sp³-hybridized carbons (Fsp3) is 0.0189. The molecule has 1 heterocycles. The van der Waals surface area contributed by atoms with Crippen LogP contribution in [0.4, 0.5) is 17.1 Å². The van der Waals surface area contributed by atoms with Crippen molar-refractivity contribution in [3.05, 3.63) is 198 Å². The summed E-state index contributed by atoms with van der Waals surface area (Å²) in [6, 6.07) is 64.5. The van der Waals surface area contributed by atoms with Gasteiger partial charge in [-0.2, -0.15) is 0 Å². The van der Waals surface area contributed by atoms with Crippen LogP contribution in [0.3, 0.4) is 0 Å². The molecule has 1 heteroatoms. The molecule has 7 aromatic carbocycles. The normalized spacial score (nSPS) is 11.7. The summed E-state index contributed by atoms with van der Waals surface area (Å²) in [7, 11) is 0. The summed E-state index contributed by atoms with van der Waals surface area (Å²) in [5.41, 5.74) is 16.0. The van der Waals surface area contributed by atoms with E-state index in [1.807, 2.05) is 0 Å². The SMILES string of the molecule is C#CC#CC#CC#CC#C.c1ccc(-c2cccc(-c3cccc4c3C3(c5ccccc5-4)c4ccccc4N(c4ccccc4)c4ccccc43)c2)cc1. The molecule has 1 aliphatic carbocycles. The molecule has 54 heavy (non-hydrogen) atoms. The predicted octanol–water partition coefficient (Wildman–Crippen LogP) is 11.4. The van der Waals surface area contributed by atoms with E-state index in [0.717, 1.165) is 5.69 Å². The molecule has 0 saturated heterocycles. The van der Waals surface area contributed by atoms with Gasteiger partial charge >= 0.3 is 0 Å². The first-order chi connectivity index (χ1) is 26.8. The highest BCUT2D eigenvalue weighted by molar-refractivity contribution is 5.99. The van der Waals surface area contributed by atoms with Crippen molar-refractivity contribution in [1.82, 2.24) is 0 Å². The lowest BCUT2D eigenvalue weighted by molar-refractivity contribution is 0.754. The minimum atomic E-state index is -0.482. The number of hydrogen-bond donors (Lipinski definition) is 0. The Bertz CT molecular complexity index is 2730. The molecule has 0 unspecified atom stereocenters. The smallest absolute Gasteiger partial charge is 0.0760 e. The van der Waals surface area contributed by atoms with E-state index < -0.39 is 5.41 Å². The average molecular weight is 682 g/mol. The van der Waals surface area contributed by atoms with Crippen LogP contribution in [-0.2, 0) is 5.41 Å². The van der Waals surface area contributed by atoms with Crippen molar-refractivity contribution in [2.24, 2.45) is 0 Å². The second-order valence-corrected chi connectivity index (χ2v) is 12.7. The summed E-state index contributed by atoms with van der Waals surface area (Å²) in [6.07, 6.45) is 9.62. The van der Waals surface area contributed by atoms with Crippen LogP contribution in [0.15, 0.2) is 176 Å². The molecule has 248 valence electrons. The molecule has 1 spiro atoms. The molecule has 2 aliphatic rings. The van der Waals surface area contributed by atoms with Gasteiger partial charge in [-0.15, -0.1) is 12.8 Å². The highest BCUT2D eigenvalue weighted by Crippen LogP contribution is 2.64. The second kappa shape index (κ2) is 14.8. The number of nitrogens with zero attached hydrogens (tertiary/aromatic N) is 1. The lowest BCUT2D eigenvalue weighted by Crippen LogP contribution is -2.36.